The normalized spacial score (nSPS) is 18.7. The van der Waals surface area contributed by atoms with E-state index in [0.29, 0.717) is 23.4 Å². The van der Waals surface area contributed by atoms with Crippen LogP contribution in [0.15, 0.2) is 48.7 Å². The highest BCUT2D eigenvalue weighted by Gasteiger charge is 2.50. The first-order valence-electron chi connectivity index (χ1n) is 9.59. The minimum absolute atomic E-state index is 0.238. The second-order valence-electron chi connectivity index (χ2n) is 7.61. The molecular weight excluding hydrogens is 352 g/mol. The van der Waals surface area contributed by atoms with Gasteiger partial charge in [0, 0.05) is 41.8 Å². The quantitative estimate of drug-likeness (QED) is 0.691. The van der Waals surface area contributed by atoms with Crippen LogP contribution >= 0.6 is 0 Å². The number of hydrogen-bond donors (Lipinski definition) is 1. The predicted octanol–water partition coefficient (Wildman–Crippen LogP) is 3.70. The fraction of sp³-hybridized carbons (Fsp3) is 0.304. The van der Waals surface area contributed by atoms with E-state index in [1.54, 1.807) is 11.1 Å². The van der Waals surface area contributed by atoms with Crippen LogP contribution in [0.25, 0.3) is 10.9 Å². The number of Topliss-reactive ketones (excluding diaryl/α,β-unsaturated/α-hetero) is 1. The molecule has 2 aromatic carbocycles. The molecule has 1 aromatic heterocycles. The summed E-state index contributed by atoms with van der Waals surface area (Å²) in [5, 5.41) is 12.3. The minimum atomic E-state index is -1.83. The number of ketones is 1. The average Bonchev–Trinajstić information content (AvgIpc) is 3.11. The number of para-hydroxylation sites is 1. The lowest BCUT2D eigenvalue weighted by Crippen LogP contribution is -2.42. The summed E-state index contributed by atoms with van der Waals surface area (Å²) in [6.45, 7) is 4.42. The van der Waals surface area contributed by atoms with Gasteiger partial charge in [0.1, 0.15) is 0 Å². The summed E-state index contributed by atoms with van der Waals surface area (Å²) in [6, 6.07) is 13.3. The molecule has 0 bridgehead atoms. The van der Waals surface area contributed by atoms with E-state index in [9.17, 15) is 14.7 Å². The van der Waals surface area contributed by atoms with Crippen LogP contribution < -0.4 is 4.90 Å². The molecule has 1 aliphatic heterocycles. The molecule has 0 spiro atoms. The van der Waals surface area contributed by atoms with Gasteiger partial charge in [-0.05, 0) is 25.5 Å². The minimum Gasteiger partial charge on any atom is -0.375 e. The molecule has 3 aromatic rings. The lowest BCUT2D eigenvalue weighted by molar-refractivity contribution is -0.135. The number of nitrogens with zero attached hydrogens (tertiary/aromatic N) is 2. The number of carbonyl (C=O) groups excluding carboxylic acids is 2. The van der Waals surface area contributed by atoms with Gasteiger partial charge in [-0.3, -0.25) is 9.59 Å². The molecule has 1 atom stereocenters. The van der Waals surface area contributed by atoms with E-state index >= 15 is 0 Å². The zero-order valence-corrected chi connectivity index (χ0v) is 16.4. The van der Waals surface area contributed by atoms with Crippen molar-refractivity contribution in [2.24, 2.45) is 7.05 Å². The van der Waals surface area contributed by atoms with Crippen LogP contribution in [-0.2, 0) is 17.4 Å². The number of hydrogen-bond acceptors (Lipinski definition) is 3. The SMILES string of the molecule is CCCN1C(=O)C(O)(CC(=O)c2cn(C)c3ccccc23)c2cc(C)ccc21. The average molecular weight is 376 g/mol. The van der Waals surface area contributed by atoms with Crippen LogP contribution in [0, 0.1) is 6.92 Å². The number of amides is 1. The van der Waals surface area contributed by atoms with E-state index in [4.69, 9.17) is 0 Å². The molecule has 2 heterocycles. The van der Waals surface area contributed by atoms with Crippen molar-refractivity contribution >= 4 is 28.3 Å². The third-order valence-electron chi connectivity index (χ3n) is 5.55. The molecule has 5 nitrogen and oxygen atoms in total. The highest BCUT2D eigenvalue weighted by molar-refractivity contribution is 6.14. The van der Waals surface area contributed by atoms with Gasteiger partial charge in [-0.2, -0.15) is 0 Å². The molecule has 28 heavy (non-hydrogen) atoms. The first kappa shape index (κ1) is 18.4. The first-order valence-corrected chi connectivity index (χ1v) is 9.59. The van der Waals surface area contributed by atoms with Crippen LogP contribution in [0.2, 0.25) is 0 Å². The van der Waals surface area contributed by atoms with E-state index in [2.05, 4.69) is 0 Å². The number of fused-ring (bicyclic) bond motifs is 2. The fourth-order valence-electron chi connectivity index (χ4n) is 4.17. The molecule has 0 saturated heterocycles. The van der Waals surface area contributed by atoms with Gasteiger partial charge in [0.15, 0.2) is 11.4 Å². The van der Waals surface area contributed by atoms with Crippen LogP contribution in [0.5, 0.6) is 0 Å². The highest BCUT2D eigenvalue weighted by atomic mass is 16.3. The Morgan fingerprint density at radius 1 is 1.18 bits per heavy atom. The Hall–Kier alpha value is -2.92. The van der Waals surface area contributed by atoms with E-state index in [0.717, 1.165) is 22.9 Å². The lowest BCUT2D eigenvalue weighted by Gasteiger charge is -2.22. The second-order valence-corrected chi connectivity index (χ2v) is 7.61. The van der Waals surface area contributed by atoms with Gasteiger partial charge in [-0.25, -0.2) is 0 Å². The summed E-state index contributed by atoms with van der Waals surface area (Å²) in [5.74, 6) is -0.651. The van der Waals surface area contributed by atoms with Crippen molar-refractivity contribution in [2.75, 3.05) is 11.4 Å². The molecule has 1 aliphatic rings. The largest absolute Gasteiger partial charge is 0.375 e. The van der Waals surface area contributed by atoms with Gasteiger partial charge in [0.05, 0.1) is 12.1 Å². The van der Waals surface area contributed by atoms with Crippen molar-refractivity contribution in [1.82, 2.24) is 4.57 Å². The van der Waals surface area contributed by atoms with Crippen LogP contribution in [-0.4, -0.2) is 27.9 Å². The molecule has 5 heteroatoms. The Morgan fingerprint density at radius 2 is 1.93 bits per heavy atom. The number of aromatic nitrogens is 1. The standard InChI is InChI=1S/C23H24N2O3/c1-4-11-25-20-10-9-15(2)12-18(20)23(28,22(25)27)13-21(26)17-14-24(3)19-8-6-5-7-16(17)19/h5-10,12,14,28H,4,11,13H2,1-3H3. The monoisotopic (exact) mass is 376 g/mol. The van der Waals surface area contributed by atoms with E-state index in [-0.39, 0.29) is 12.2 Å². The number of aliphatic hydroxyl groups is 1. The molecule has 4 rings (SSSR count). The summed E-state index contributed by atoms with van der Waals surface area (Å²) >= 11 is 0. The second kappa shape index (κ2) is 6.60. The summed E-state index contributed by atoms with van der Waals surface area (Å²) in [5.41, 5.74) is 1.82. The highest BCUT2D eigenvalue weighted by Crippen LogP contribution is 2.43. The zero-order chi connectivity index (χ0) is 20.1. The van der Waals surface area contributed by atoms with Crippen molar-refractivity contribution in [3.05, 3.63) is 65.4 Å². The Kier molecular flexibility index (Phi) is 4.35. The van der Waals surface area contributed by atoms with Crippen molar-refractivity contribution in [1.29, 1.82) is 0 Å². The number of aryl methyl sites for hydroxylation is 2. The summed E-state index contributed by atoms with van der Waals surface area (Å²) in [4.78, 5) is 27.9. The molecule has 1 amide bonds. The third-order valence-corrected chi connectivity index (χ3v) is 5.55. The maximum atomic E-state index is 13.2. The smallest absolute Gasteiger partial charge is 0.264 e. The Balaban J connectivity index is 1.77. The molecule has 0 radical (unpaired) electrons. The van der Waals surface area contributed by atoms with Gasteiger partial charge in [-0.1, -0.05) is 42.8 Å². The number of benzene rings is 2. The van der Waals surface area contributed by atoms with E-state index in [1.165, 1.54) is 0 Å². The molecular formula is C23H24N2O3. The van der Waals surface area contributed by atoms with E-state index in [1.807, 2.05) is 67.9 Å². The maximum Gasteiger partial charge on any atom is 0.264 e. The van der Waals surface area contributed by atoms with Gasteiger partial charge < -0.3 is 14.6 Å². The number of rotatable bonds is 5. The third kappa shape index (κ3) is 2.66. The maximum absolute atomic E-state index is 13.2. The van der Waals surface area contributed by atoms with Crippen molar-refractivity contribution in [2.45, 2.75) is 32.3 Å². The van der Waals surface area contributed by atoms with Gasteiger partial charge in [0.2, 0.25) is 0 Å². The topological polar surface area (TPSA) is 62.5 Å². The molecule has 0 fully saturated rings. The molecule has 0 saturated carbocycles. The summed E-state index contributed by atoms with van der Waals surface area (Å²) < 4.78 is 1.89. The van der Waals surface area contributed by atoms with Crippen molar-refractivity contribution in [3.63, 3.8) is 0 Å². The molecule has 0 aliphatic carbocycles. The van der Waals surface area contributed by atoms with Crippen molar-refractivity contribution in [3.8, 4) is 0 Å². The molecule has 1 unspecified atom stereocenters. The van der Waals surface area contributed by atoms with Crippen LogP contribution in [0.1, 0.15) is 41.3 Å². The Morgan fingerprint density at radius 3 is 2.68 bits per heavy atom. The zero-order valence-electron chi connectivity index (χ0n) is 16.4. The number of carbonyl (C=O) groups is 2. The summed E-state index contributed by atoms with van der Waals surface area (Å²) in [7, 11) is 1.89. The van der Waals surface area contributed by atoms with Crippen molar-refractivity contribution < 1.29 is 14.7 Å². The van der Waals surface area contributed by atoms with Gasteiger partial charge in [-0.15, -0.1) is 0 Å². The Labute approximate surface area is 164 Å². The van der Waals surface area contributed by atoms with Crippen LogP contribution in [0.3, 0.4) is 0 Å². The lowest BCUT2D eigenvalue weighted by atomic mass is 9.87. The first-order chi connectivity index (χ1) is 13.4. The predicted molar refractivity (Wildman–Crippen MR) is 110 cm³/mol. The fourth-order valence-corrected chi connectivity index (χ4v) is 4.17. The van der Waals surface area contributed by atoms with Gasteiger partial charge in [0.25, 0.3) is 5.91 Å². The van der Waals surface area contributed by atoms with E-state index < -0.39 is 11.5 Å². The summed E-state index contributed by atoms with van der Waals surface area (Å²) in [6.07, 6.45) is 2.28. The van der Waals surface area contributed by atoms with Crippen LogP contribution in [0.4, 0.5) is 5.69 Å². The molecule has 144 valence electrons. The molecule has 1 N–H and O–H groups in total. The Bertz CT molecular complexity index is 1100. The van der Waals surface area contributed by atoms with Gasteiger partial charge >= 0.3 is 0 Å². The number of anilines is 1.